The number of phenolic OH excluding ortho intramolecular Hbond substituents is 1. The van der Waals surface area contributed by atoms with Crippen molar-refractivity contribution in [3.8, 4) is 22.8 Å². The molecule has 6 nitrogen and oxygen atoms in total. The van der Waals surface area contributed by atoms with Crippen molar-refractivity contribution < 1.29 is 14.6 Å². The summed E-state index contributed by atoms with van der Waals surface area (Å²) in [7, 11) is 1.77. The number of aromatic nitrogens is 2. The lowest BCUT2D eigenvalue weighted by Gasteiger charge is -2.22. The Balaban J connectivity index is 1.83. The minimum atomic E-state index is -0.300. The van der Waals surface area contributed by atoms with Crippen molar-refractivity contribution in [1.29, 1.82) is 0 Å². The summed E-state index contributed by atoms with van der Waals surface area (Å²) in [5.41, 5.74) is 3.36. The van der Waals surface area contributed by atoms with E-state index in [-0.39, 0.29) is 17.7 Å². The van der Waals surface area contributed by atoms with E-state index in [1.165, 1.54) is 0 Å². The molecule has 0 aliphatic carbocycles. The topological polar surface area (TPSA) is 78.5 Å². The van der Waals surface area contributed by atoms with Crippen molar-refractivity contribution in [3.05, 3.63) is 65.4 Å². The molecule has 0 bridgehead atoms. The minimum absolute atomic E-state index is 0.121. The van der Waals surface area contributed by atoms with Crippen molar-refractivity contribution >= 4 is 5.91 Å². The number of phenols is 1. The van der Waals surface area contributed by atoms with E-state index in [4.69, 9.17) is 4.74 Å². The smallest absolute Gasteiger partial charge is 0.272 e. The maximum absolute atomic E-state index is 12.7. The van der Waals surface area contributed by atoms with Crippen molar-refractivity contribution in [2.24, 2.45) is 0 Å². The first-order chi connectivity index (χ1) is 13.1. The predicted molar refractivity (Wildman–Crippen MR) is 102 cm³/mol. The van der Waals surface area contributed by atoms with Gasteiger partial charge in [-0.1, -0.05) is 31.2 Å². The van der Waals surface area contributed by atoms with E-state index in [9.17, 15) is 9.90 Å². The summed E-state index contributed by atoms with van der Waals surface area (Å²) in [6.45, 7) is 2.70. The minimum Gasteiger partial charge on any atom is -0.507 e. The van der Waals surface area contributed by atoms with Gasteiger partial charge in [-0.05, 0) is 36.2 Å². The number of para-hydroxylation sites is 1. The number of hydrogen-bond acceptors (Lipinski definition) is 4. The van der Waals surface area contributed by atoms with Crippen molar-refractivity contribution in [2.45, 2.75) is 19.4 Å². The summed E-state index contributed by atoms with van der Waals surface area (Å²) >= 11 is 0. The summed E-state index contributed by atoms with van der Waals surface area (Å²) < 4.78 is 5.75. The van der Waals surface area contributed by atoms with Gasteiger partial charge in [0.1, 0.15) is 22.9 Å². The normalized spacial score (nSPS) is 15.9. The molecule has 3 aromatic rings. The molecule has 1 aromatic heterocycles. The summed E-state index contributed by atoms with van der Waals surface area (Å²) in [6.07, 6.45) is 0.926. The largest absolute Gasteiger partial charge is 0.507 e. The summed E-state index contributed by atoms with van der Waals surface area (Å²) in [6, 6.07) is 14.5. The van der Waals surface area contributed by atoms with E-state index in [1.807, 2.05) is 30.3 Å². The molecule has 4 rings (SSSR count). The van der Waals surface area contributed by atoms with Crippen LogP contribution in [-0.2, 0) is 0 Å². The molecule has 27 heavy (non-hydrogen) atoms. The van der Waals surface area contributed by atoms with Crippen molar-refractivity contribution in [2.75, 3.05) is 13.7 Å². The van der Waals surface area contributed by atoms with Gasteiger partial charge in [0.15, 0.2) is 0 Å². The van der Waals surface area contributed by atoms with Crippen molar-refractivity contribution in [1.82, 2.24) is 15.1 Å². The molecule has 0 saturated carbocycles. The molecule has 1 unspecified atom stereocenters. The van der Waals surface area contributed by atoms with Gasteiger partial charge in [-0.3, -0.25) is 9.89 Å². The lowest BCUT2D eigenvalue weighted by molar-refractivity contribution is 0.0787. The SMILES string of the molecule is CCCOc1cccc(C2c3c(-c4ccccc4O)n[nH]c3C(=O)N2C)c1. The Bertz CT molecular complexity index is 996. The predicted octanol–water partition coefficient (Wildman–Crippen LogP) is 3.75. The van der Waals surface area contributed by atoms with Gasteiger partial charge in [-0.2, -0.15) is 5.10 Å². The molecule has 0 spiro atoms. The second-order valence-corrected chi connectivity index (χ2v) is 6.62. The first-order valence-corrected chi connectivity index (χ1v) is 8.98. The van der Waals surface area contributed by atoms with Gasteiger partial charge in [0.25, 0.3) is 5.91 Å². The summed E-state index contributed by atoms with van der Waals surface area (Å²) in [4.78, 5) is 14.4. The summed E-state index contributed by atoms with van der Waals surface area (Å²) in [5.74, 6) is 0.785. The van der Waals surface area contributed by atoms with Crippen LogP contribution in [0.3, 0.4) is 0 Å². The van der Waals surface area contributed by atoms with Gasteiger partial charge in [0.2, 0.25) is 0 Å². The van der Waals surface area contributed by atoms with Crippen LogP contribution in [-0.4, -0.2) is 39.8 Å². The Morgan fingerprint density at radius 3 is 2.81 bits per heavy atom. The van der Waals surface area contributed by atoms with Gasteiger partial charge in [-0.25, -0.2) is 0 Å². The fourth-order valence-electron chi connectivity index (χ4n) is 3.53. The third-order valence-electron chi connectivity index (χ3n) is 4.80. The highest BCUT2D eigenvalue weighted by Gasteiger charge is 2.40. The molecule has 138 valence electrons. The van der Waals surface area contributed by atoms with Gasteiger partial charge >= 0.3 is 0 Å². The molecular formula is C21H21N3O3. The molecule has 2 heterocycles. The fourth-order valence-corrected chi connectivity index (χ4v) is 3.53. The van der Waals surface area contributed by atoms with E-state index in [0.29, 0.717) is 23.6 Å². The second-order valence-electron chi connectivity index (χ2n) is 6.62. The molecule has 1 aliphatic heterocycles. The number of aromatic hydroxyl groups is 1. The monoisotopic (exact) mass is 363 g/mol. The zero-order chi connectivity index (χ0) is 19.0. The molecule has 1 amide bonds. The molecule has 6 heteroatoms. The van der Waals surface area contributed by atoms with E-state index < -0.39 is 0 Å². The Morgan fingerprint density at radius 2 is 2.04 bits per heavy atom. The molecule has 1 aliphatic rings. The zero-order valence-electron chi connectivity index (χ0n) is 15.3. The number of carbonyl (C=O) groups is 1. The van der Waals surface area contributed by atoms with Crippen LogP contribution in [0.15, 0.2) is 48.5 Å². The van der Waals surface area contributed by atoms with Gasteiger partial charge in [-0.15, -0.1) is 0 Å². The van der Waals surface area contributed by atoms with Crippen LogP contribution in [0.1, 0.15) is 41.0 Å². The Labute approximate surface area is 157 Å². The summed E-state index contributed by atoms with van der Waals surface area (Å²) in [5, 5.41) is 17.5. The van der Waals surface area contributed by atoms with Crippen LogP contribution in [0.25, 0.3) is 11.3 Å². The fraction of sp³-hybridized carbons (Fsp3) is 0.238. The number of benzene rings is 2. The second kappa shape index (κ2) is 6.79. The highest BCUT2D eigenvalue weighted by atomic mass is 16.5. The third kappa shape index (κ3) is 2.83. The third-order valence-corrected chi connectivity index (χ3v) is 4.80. The Hall–Kier alpha value is -3.28. The highest BCUT2D eigenvalue weighted by molar-refractivity contribution is 6.00. The van der Waals surface area contributed by atoms with Crippen LogP contribution < -0.4 is 4.74 Å². The quantitative estimate of drug-likeness (QED) is 0.724. The number of amides is 1. The highest BCUT2D eigenvalue weighted by Crippen LogP contribution is 2.44. The average molecular weight is 363 g/mol. The van der Waals surface area contributed by atoms with Gasteiger partial charge < -0.3 is 14.7 Å². The average Bonchev–Trinajstić information content (AvgIpc) is 3.20. The van der Waals surface area contributed by atoms with Crippen molar-refractivity contribution in [3.63, 3.8) is 0 Å². The standard InChI is InChI=1S/C21H21N3O3/c1-3-11-27-14-8-6-7-13(12-14)20-17-18(15-9-4-5-10-16(15)25)22-23-19(17)21(26)24(20)2/h4-10,12,20,25H,3,11H2,1-2H3,(H,22,23). The van der Waals surface area contributed by atoms with Gasteiger partial charge in [0.05, 0.1) is 12.6 Å². The first-order valence-electron chi connectivity index (χ1n) is 8.98. The number of ether oxygens (including phenoxy) is 1. The van der Waals surface area contributed by atoms with E-state index >= 15 is 0 Å². The Morgan fingerprint density at radius 1 is 1.22 bits per heavy atom. The lowest BCUT2D eigenvalue weighted by atomic mass is 9.96. The number of fused-ring (bicyclic) bond motifs is 1. The number of carbonyl (C=O) groups excluding carboxylic acids is 1. The number of nitrogens with one attached hydrogen (secondary N) is 1. The van der Waals surface area contributed by atoms with Gasteiger partial charge in [0, 0.05) is 18.2 Å². The molecule has 0 fully saturated rings. The van der Waals surface area contributed by atoms with Crippen LogP contribution in [0.2, 0.25) is 0 Å². The number of rotatable bonds is 5. The number of hydrogen-bond donors (Lipinski definition) is 2. The molecule has 2 N–H and O–H groups in total. The molecule has 1 atom stereocenters. The van der Waals surface area contributed by atoms with Crippen LogP contribution in [0, 0.1) is 0 Å². The molecule has 0 saturated heterocycles. The molecular weight excluding hydrogens is 342 g/mol. The van der Waals surface area contributed by atoms with E-state index in [2.05, 4.69) is 17.1 Å². The number of nitrogens with zero attached hydrogens (tertiary/aromatic N) is 2. The molecule has 2 aromatic carbocycles. The number of aromatic amines is 1. The van der Waals surface area contributed by atoms with Crippen LogP contribution in [0.4, 0.5) is 0 Å². The number of H-pyrrole nitrogens is 1. The molecule has 0 radical (unpaired) electrons. The Kier molecular flexibility index (Phi) is 4.32. The maximum atomic E-state index is 12.7. The van der Waals surface area contributed by atoms with E-state index in [1.54, 1.807) is 30.1 Å². The first kappa shape index (κ1) is 17.1. The van der Waals surface area contributed by atoms with E-state index in [0.717, 1.165) is 23.3 Å². The van der Waals surface area contributed by atoms with Crippen LogP contribution in [0.5, 0.6) is 11.5 Å². The van der Waals surface area contributed by atoms with Crippen LogP contribution >= 0.6 is 0 Å². The maximum Gasteiger partial charge on any atom is 0.272 e. The lowest BCUT2D eigenvalue weighted by Crippen LogP contribution is -2.24. The zero-order valence-corrected chi connectivity index (χ0v) is 15.3.